The number of carboxylic acids is 1. The zero-order valence-corrected chi connectivity index (χ0v) is 9.65. The van der Waals surface area contributed by atoms with Crippen LogP contribution in [0.2, 0.25) is 0 Å². The fourth-order valence-corrected chi connectivity index (χ4v) is 1.83. The second kappa shape index (κ2) is 4.99. The smallest absolute Gasteiger partial charge is 0.313 e. The molecule has 0 aliphatic rings. The van der Waals surface area contributed by atoms with Gasteiger partial charge < -0.3 is 14.9 Å². The summed E-state index contributed by atoms with van der Waals surface area (Å²) in [6.45, 7) is 3.30. The third kappa shape index (κ3) is 2.33. The van der Waals surface area contributed by atoms with Gasteiger partial charge in [-0.25, -0.2) is 0 Å². The molecular formula is C12H16O4. The molecule has 0 aliphatic heterocycles. The lowest BCUT2D eigenvalue weighted by Crippen LogP contribution is -2.17. The minimum absolute atomic E-state index is 0.436. The summed E-state index contributed by atoms with van der Waals surface area (Å²) in [5.41, 5.74) is 2.35. The van der Waals surface area contributed by atoms with E-state index in [1.807, 2.05) is 19.9 Å². The van der Waals surface area contributed by atoms with Gasteiger partial charge in [-0.05, 0) is 19.4 Å². The molecule has 2 N–H and O–H groups in total. The van der Waals surface area contributed by atoms with Crippen molar-refractivity contribution in [1.82, 2.24) is 0 Å². The summed E-state index contributed by atoms with van der Waals surface area (Å²) in [5, 5.41) is 18.1. The van der Waals surface area contributed by atoms with E-state index in [1.54, 1.807) is 6.07 Å². The van der Waals surface area contributed by atoms with Crippen LogP contribution in [0, 0.1) is 13.8 Å². The van der Waals surface area contributed by atoms with Gasteiger partial charge in [0.1, 0.15) is 11.7 Å². The van der Waals surface area contributed by atoms with E-state index in [0.717, 1.165) is 11.1 Å². The molecule has 0 heterocycles. The molecule has 0 bridgehead atoms. The quantitative estimate of drug-likeness (QED) is 0.812. The number of methoxy groups -OCH3 is 1. The molecule has 88 valence electrons. The van der Waals surface area contributed by atoms with Gasteiger partial charge in [0.2, 0.25) is 0 Å². The standard InChI is InChI=1S/C12H16O4/c1-7-4-8(2)11(16-3)9(5-7)10(6-13)12(14)15/h4-5,10,13H,6H2,1-3H3,(H,14,15). The third-order valence-electron chi connectivity index (χ3n) is 2.51. The molecular weight excluding hydrogens is 208 g/mol. The second-order valence-electron chi connectivity index (χ2n) is 3.78. The lowest BCUT2D eigenvalue weighted by Gasteiger charge is -2.16. The largest absolute Gasteiger partial charge is 0.496 e. The van der Waals surface area contributed by atoms with E-state index in [4.69, 9.17) is 14.9 Å². The third-order valence-corrected chi connectivity index (χ3v) is 2.51. The van der Waals surface area contributed by atoms with Crippen molar-refractivity contribution in [3.8, 4) is 5.75 Å². The summed E-state index contributed by atoms with van der Waals surface area (Å²) in [5.74, 6) is -1.45. The fourth-order valence-electron chi connectivity index (χ4n) is 1.83. The van der Waals surface area contributed by atoms with E-state index in [9.17, 15) is 4.79 Å². The Kier molecular flexibility index (Phi) is 3.90. The number of benzene rings is 1. The zero-order chi connectivity index (χ0) is 12.3. The molecule has 16 heavy (non-hydrogen) atoms. The summed E-state index contributed by atoms with van der Waals surface area (Å²) >= 11 is 0. The number of aryl methyl sites for hydroxylation is 2. The summed E-state index contributed by atoms with van der Waals surface area (Å²) in [6, 6.07) is 3.65. The van der Waals surface area contributed by atoms with Gasteiger partial charge in [0.05, 0.1) is 13.7 Å². The van der Waals surface area contributed by atoms with Crippen LogP contribution in [-0.4, -0.2) is 29.9 Å². The Balaban J connectivity index is 3.34. The van der Waals surface area contributed by atoms with Crippen LogP contribution in [0.25, 0.3) is 0 Å². The van der Waals surface area contributed by atoms with Crippen LogP contribution in [0.15, 0.2) is 12.1 Å². The second-order valence-corrected chi connectivity index (χ2v) is 3.78. The molecule has 0 aromatic heterocycles. The van der Waals surface area contributed by atoms with Crippen LogP contribution in [-0.2, 0) is 4.79 Å². The average Bonchev–Trinajstić information content (AvgIpc) is 2.17. The number of hydrogen-bond acceptors (Lipinski definition) is 3. The first-order valence-electron chi connectivity index (χ1n) is 5.00. The fraction of sp³-hybridized carbons (Fsp3) is 0.417. The van der Waals surface area contributed by atoms with Gasteiger partial charge in [-0.1, -0.05) is 17.7 Å². The molecule has 0 saturated carbocycles. The number of aliphatic hydroxyl groups excluding tert-OH is 1. The highest BCUT2D eigenvalue weighted by Gasteiger charge is 2.23. The Morgan fingerprint density at radius 1 is 1.44 bits per heavy atom. The molecule has 4 nitrogen and oxygen atoms in total. The lowest BCUT2D eigenvalue weighted by atomic mass is 9.95. The van der Waals surface area contributed by atoms with Gasteiger partial charge in [-0.3, -0.25) is 4.79 Å². The van der Waals surface area contributed by atoms with Crippen LogP contribution in [0.3, 0.4) is 0 Å². The number of aliphatic carboxylic acids is 1. The van der Waals surface area contributed by atoms with E-state index in [0.29, 0.717) is 11.3 Å². The number of hydrogen-bond donors (Lipinski definition) is 2. The van der Waals surface area contributed by atoms with Crippen molar-refractivity contribution in [3.05, 3.63) is 28.8 Å². The monoisotopic (exact) mass is 224 g/mol. The molecule has 1 unspecified atom stereocenters. The Labute approximate surface area is 94.5 Å². The topological polar surface area (TPSA) is 66.8 Å². The minimum Gasteiger partial charge on any atom is -0.496 e. The highest BCUT2D eigenvalue weighted by atomic mass is 16.5. The van der Waals surface area contributed by atoms with Crippen molar-refractivity contribution in [1.29, 1.82) is 0 Å². The summed E-state index contributed by atoms with van der Waals surface area (Å²) < 4.78 is 5.19. The molecule has 0 fully saturated rings. The van der Waals surface area contributed by atoms with Crippen molar-refractivity contribution in [3.63, 3.8) is 0 Å². The summed E-state index contributed by atoms with van der Waals surface area (Å²) in [7, 11) is 1.50. The predicted molar refractivity (Wildman–Crippen MR) is 59.9 cm³/mol. The van der Waals surface area contributed by atoms with Gasteiger partial charge in [0, 0.05) is 5.56 Å². The van der Waals surface area contributed by atoms with Gasteiger partial charge in [0.25, 0.3) is 0 Å². The molecule has 1 aromatic carbocycles. The van der Waals surface area contributed by atoms with Gasteiger partial charge in [0.15, 0.2) is 0 Å². The number of ether oxygens (including phenoxy) is 1. The first-order valence-corrected chi connectivity index (χ1v) is 5.00. The van der Waals surface area contributed by atoms with E-state index in [-0.39, 0.29) is 0 Å². The molecule has 0 amide bonds. The van der Waals surface area contributed by atoms with Gasteiger partial charge >= 0.3 is 5.97 Å². The molecule has 1 atom stereocenters. The van der Waals surface area contributed by atoms with Crippen LogP contribution >= 0.6 is 0 Å². The number of carboxylic acid groups (broad SMARTS) is 1. The van der Waals surface area contributed by atoms with Crippen molar-refractivity contribution >= 4 is 5.97 Å². The van der Waals surface area contributed by atoms with E-state index in [1.165, 1.54) is 7.11 Å². The summed E-state index contributed by atoms with van der Waals surface area (Å²) in [4.78, 5) is 11.0. The van der Waals surface area contributed by atoms with Crippen molar-refractivity contribution in [2.24, 2.45) is 0 Å². The van der Waals surface area contributed by atoms with E-state index >= 15 is 0 Å². The molecule has 0 aliphatic carbocycles. The summed E-state index contributed by atoms with van der Waals surface area (Å²) in [6.07, 6.45) is 0. The van der Waals surface area contributed by atoms with E-state index < -0.39 is 18.5 Å². The molecule has 1 rings (SSSR count). The Hall–Kier alpha value is -1.55. The Morgan fingerprint density at radius 3 is 2.50 bits per heavy atom. The average molecular weight is 224 g/mol. The Morgan fingerprint density at radius 2 is 2.06 bits per heavy atom. The highest BCUT2D eigenvalue weighted by molar-refractivity contribution is 5.77. The van der Waals surface area contributed by atoms with Crippen molar-refractivity contribution in [2.45, 2.75) is 19.8 Å². The molecule has 4 heteroatoms. The predicted octanol–water partition coefficient (Wildman–Crippen LogP) is 1.47. The van der Waals surface area contributed by atoms with Crippen LogP contribution in [0.1, 0.15) is 22.6 Å². The molecule has 1 aromatic rings. The normalized spacial score (nSPS) is 12.2. The number of carbonyl (C=O) groups is 1. The first-order chi connectivity index (χ1) is 7.51. The maximum atomic E-state index is 11.0. The van der Waals surface area contributed by atoms with Crippen LogP contribution in [0.5, 0.6) is 5.75 Å². The maximum absolute atomic E-state index is 11.0. The first kappa shape index (κ1) is 12.5. The van der Waals surface area contributed by atoms with Crippen LogP contribution < -0.4 is 4.74 Å². The van der Waals surface area contributed by atoms with Gasteiger partial charge in [-0.15, -0.1) is 0 Å². The SMILES string of the molecule is COc1c(C)cc(C)cc1C(CO)C(=O)O. The van der Waals surface area contributed by atoms with Crippen molar-refractivity contribution in [2.75, 3.05) is 13.7 Å². The van der Waals surface area contributed by atoms with Gasteiger partial charge in [-0.2, -0.15) is 0 Å². The molecule has 0 spiro atoms. The maximum Gasteiger partial charge on any atom is 0.313 e. The zero-order valence-electron chi connectivity index (χ0n) is 9.65. The Bertz CT molecular complexity index is 398. The van der Waals surface area contributed by atoms with Crippen LogP contribution in [0.4, 0.5) is 0 Å². The minimum atomic E-state index is -1.05. The molecule has 0 radical (unpaired) electrons. The lowest BCUT2D eigenvalue weighted by molar-refractivity contribution is -0.139. The van der Waals surface area contributed by atoms with Crippen molar-refractivity contribution < 1.29 is 19.7 Å². The van der Waals surface area contributed by atoms with E-state index in [2.05, 4.69) is 0 Å². The molecule has 0 saturated heterocycles. The highest BCUT2D eigenvalue weighted by Crippen LogP contribution is 2.31. The number of rotatable bonds is 4. The number of aliphatic hydroxyl groups is 1.